The molecule has 0 atom stereocenters. The molecule has 0 radical (unpaired) electrons. The Morgan fingerprint density at radius 3 is 1.33 bits per heavy atom. The lowest BCUT2D eigenvalue weighted by Gasteiger charge is -1.97. The molecule has 0 unspecified atom stereocenters. The third-order valence-corrected chi connectivity index (χ3v) is 5.23. The predicted octanol–water partition coefficient (Wildman–Crippen LogP) is 4.48. The molecule has 0 bridgehead atoms. The third kappa shape index (κ3) is 1.64. The Morgan fingerprint density at radius 2 is 1.25 bits per heavy atom. The van der Waals surface area contributed by atoms with Crippen LogP contribution in [0, 0.1) is 0 Å². The van der Waals surface area contributed by atoms with Gasteiger partial charge in [-0.2, -0.15) is 0 Å². The fourth-order valence-corrected chi connectivity index (χ4v) is 4.62. The summed E-state index contributed by atoms with van der Waals surface area (Å²) in [4.78, 5) is 0. The second-order valence-corrected chi connectivity index (χ2v) is 6.83. The van der Waals surface area contributed by atoms with Crippen molar-refractivity contribution in [2.75, 3.05) is 0 Å². The highest BCUT2D eigenvalue weighted by atomic mass is 31.1. The van der Waals surface area contributed by atoms with Crippen molar-refractivity contribution in [2.45, 2.75) is 47.2 Å². The first-order valence-electron chi connectivity index (χ1n) is 4.61. The van der Waals surface area contributed by atoms with E-state index in [0.29, 0.717) is 0 Å². The van der Waals surface area contributed by atoms with Gasteiger partial charge in [0.15, 0.2) is 0 Å². The summed E-state index contributed by atoms with van der Waals surface area (Å²) in [5.74, 6) is 0. The lowest BCUT2D eigenvalue weighted by atomic mass is 10.2. The summed E-state index contributed by atoms with van der Waals surface area (Å²) in [6.45, 7) is 13.6. The summed E-state index contributed by atoms with van der Waals surface area (Å²) < 4.78 is 0. The van der Waals surface area contributed by atoms with Gasteiger partial charge in [-0.25, -0.2) is 0 Å². The molecule has 68 valence electrons. The van der Waals surface area contributed by atoms with Crippen molar-refractivity contribution in [3.05, 3.63) is 21.8 Å². The van der Waals surface area contributed by atoms with E-state index in [0.717, 1.165) is 5.66 Å². The lowest BCUT2D eigenvalue weighted by molar-refractivity contribution is 1.11. The van der Waals surface area contributed by atoms with Crippen LogP contribution < -0.4 is 0 Å². The van der Waals surface area contributed by atoms with Gasteiger partial charge in [-0.1, -0.05) is 25.0 Å². The maximum absolute atomic E-state index is 2.34. The largest absolute Gasteiger partial charge is 0.0677 e. The molecular formula is C11H19P. The molecule has 1 rings (SSSR count). The first-order valence-corrected chi connectivity index (χ1v) is 6.02. The van der Waals surface area contributed by atoms with E-state index in [2.05, 4.69) is 41.5 Å². The number of hydrogen-bond acceptors (Lipinski definition) is 0. The molecule has 1 aliphatic heterocycles. The van der Waals surface area contributed by atoms with E-state index in [1.807, 2.05) is 0 Å². The summed E-state index contributed by atoms with van der Waals surface area (Å²) in [5.41, 5.74) is 3.91. The maximum atomic E-state index is 2.34. The van der Waals surface area contributed by atoms with Gasteiger partial charge in [0.05, 0.1) is 0 Å². The third-order valence-electron chi connectivity index (χ3n) is 2.12. The molecule has 0 nitrogen and oxygen atoms in total. The zero-order valence-corrected chi connectivity index (χ0v) is 9.92. The van der Waals surface area contributed by atoms with Crippen molar-refractivity contribution in [3.63, 3.8) is 0 Å². The Bertz CT molecular complexity index is 224. The van der Waals surface area contributed by atoms with Crippen LogP contribution in [0.25, 0.3) is 0 Å². The quantitative estimate of drug-likeness (QED) is 0.524. The van der Waals surface area contributed by atoms with Crippen molar-refractivity contribution in [3.8, 4) is 0 Å². The van der Waals surface area contributed by atoms with Crippen molar-refractivity contribution < 1.29 is 0 Å². The SMILES string of the molecule is CC(C)=C1C(=C(C)C)P1C(C)C. The van der Waals surface area contributed by atoms with E-state index in [1.165, 1.54) is 11.1 Å². The monoisotopic (exact) mass is 182 g/mol. The zero-order valence-electron chi connectivity index (χ0n) is 9.02. The minimum atomic E-state index is 0.144. The van der Waals surface area contributed by atoms with E-state index in [-0.39, 0.29) is 7.92 Å². The van der Waals surface area contributed by atoms with Gasteiger partial charge in [-0.05, 0) is 51.9 Å². The molecule has 0 N–H and O–H groups in total. The highest BCUT2D eigenvalue weighted by Crippen LogP contribution is 2.79. The normalized spacial score (nSPS) is 21.8. The minimum absolute atomic E-state index is 0.144. The van der Waals surface area contributed by atoms with Gasteiger partial charge in [0.1, 0.15) is 0 Å². The van der Waals surface area contributed by atoms with Gasteiger partial charge in [0, 0.05) is 0 Å². The fourth-order valence-electron chi connectivity index (χ4n) is 1.65. The average Bonchev–Trinajstić information content (AvgIpc) is 2.58. The molecule has 12 heavy (non-hydrogen) atoms. The Hall–Kier alpha value is -0.0900. The van der Waals surface area contributed by atoms with Crippen LogP contribution in [0.15, 0.2) is 21.8 Å². The summed E-state index contributed by atoms with van der Waals surface area (Å²) in [7, 11) is 0.144. The van der Waals surface area contributed by atoms with Crippen molar-refractivity contribution >= 4 is 7.92 Å². The van der Waals surface area contributed by atoms with Crippen LogP contribution in [0.4, 0.5) is 0 Å². The van der Waals surface area contributed by atoms with Gasteiger partial charge >= 0.3 is 0 Å². The van der Waals surface area contributed by atoms with Crippen LogP contribution in [-0.4, -0.2) is 5.66 Å². The highest BCUT2D eigenvalue weighted by Gasteiger charge is 2.40. The Labute approximate surface area is 77.5 Å². The fraction of sp³-hybridized carbons (Fsp3) is 0.636. The second-order valence-electron chi connectivity index (χ2n) is 4.16. The van der Waals surface area contributed by atoms with E-state index < -0.39 is 0 Å². The van der Waals surface area contributed by atoms with Crippen molar-refractivity contribution in [2.24, 2.45) is 0 Å². The van der Waals surface area contributed by atoms with Crippen LogP contribution in [0.1, 0.15) is 41.5 Å². The molecule has 1 aliphatic rings. The average molecular weight is 182 g/mol. The Morgan fingerprint density at radius 1 is 0.917 bits per heavy atom. The molecule has 0 saturated carbocycles. The molecule has 1 saturated heterocycles. The van der Waals surface area contributed by atoms with Crippen LogP contribution in [0.3, 0.4) is 0 Å². The van der Waals surface area contributed by atoms with Gasteiger partial charge < -0.3 is 0 Å². The predicted molar refractivity (Wildman–Crippen MR) is 58.8 cm³/mol. The van der Waals surface area contributed by atoms with Gasteiger partial charge in [-0.3, -0.25) is 0 Å². The molecular weight excluding hydrogens is 163 g/mol. The standard InChI is InChI=1S/C11H19P/c1-7(2)10-11(8(3)4)12(10)9(5)6/h9H,1-6H3. The number of allylic oxidation sites excluding steroid dienone is 4. The van der Waals surface area contributed by atoms with E-state index in [9.17, 15) is 0 Å². The molecule has 1 heteroatoms. The molecule has 0 spiro atoms. The molecule has 0 aliphatic carbocycles. The van der Waals surface area contributed by atoms with E-state index >= 15 is 0 Å². The highest BCUT2D eigenvalue weighted by molar-refractivity contribution is 7.77. The number of rotatable bonds is 1. The summed E-state index contributed by atoms with van der Waals surface area (Å²) >= 11 is 0. The Balaban J connectivity index is 2.99. The van der Waals surface area contributed by atoms with E-state index in [1.54, 1.807) is 10.6 Å². The smallest absolute Gasteiger partial charge is 0.0127 e. The molecule has 0 amide bonds. The second kappa shape index (κ2) is 3.34. The van der Waals surface area contributed by atoms with Gasteiger partial charge in [0.25, 0.3) is 0 Å². The molecule has 1 heterocycles. The molecule has 0 aromatic heterocycles. The van der Waals surface area contributed by atoms with E-state index in [4.69, 9.17) is 0 Å². The van der Waals surface area contributed by atoms with Crippen molar-refractivity contribution in [1.82, 2.24) is 0 Å². The Kier molecular flexibility index (Phi) is 2.78. The minimum Gasteiger partial charge on any atom is -0.0677 e. The van der Waals surface area contributed by atoms with Gasteiger partial charge in [-0.15, -0.1) is 0 Å². The van der Waals surface area contributed by atoms with Crippen LogP contribution in [-0.2, 0) is 0 Å². The summed E-state index contributed by atoms with van der Waals surface area (Å²) in [5, 5.41) is 3.39. The molecule has 1 fully saturated rings. The summed E-state index contributed by atoms with van der Waals surface area (Å²) in [6.07, 6.45) is 0. The molecule has 0 aromatic rings. The molecule has 0 aromatic carbocycles. The topological polar surface area (TPSA) is 0 Å². The maximum Gasteiger partial charge on any atom is -0.0127 e. The first-order chi connectivity index (χ1) is 5.46. The zero-order chi connectivity index (χ0) is 9.46. The summed E-state index contributed by atoms with van der Waals surface area (Å²) in [6, 6.07) is 0. The van der Waals surface area contributed by atoms with Crippen LogP contribution >= 0.6 is 7.92 Å². The van der Waals surface area contributed by atoms with Gasteiger partial charge in [0.2, 0.25) is 0 Å². The van der Waals surface area contributed by atoms with Crippen molar-refractivity contribution in [1.29, 1.82) is 0 Å². The van der Waals surface area contributed by atoms with Crippen LogP contribution in [0.5, 0.6) is 0 Å². The lowest BCUT2D eigenvalue weighted by Crippen LogP contribution is -1.79. The van der Waals surface area contributed by atoms with Crippen LogP contribution in [0.2, 0.25) is 0 Å². The first kappa shape index (κ1) is 9.99. The number of hydrogen-bond donors (Lipinski definition) is 0.